The fourth-order valence-electron chi connectivity index (χ4n) is 2.40. The van der Waals surface area contributed by atoms with Crippen molar-refractivity contribution in [1.82, 2.24) is 5.32 Å². The number of carbonyl (C=O) groups is 1. The zero-order chi connectivity index (χ0) is 13.7. The highest BCUT2D eigenvalue weighted by Crippen LogP contribution is 2.19. The van der Waals surface area contributed by atoms with E-state index in [9.17, 15) is 9.18 Å². The van der Waals surface area contributed by atoms with Crippen LogP contribution in [0.5, 0.6) is 0 Å². The van der Waals surface area contributed by atoms with E-state index >= 15 is 0 Å². The molecule has 1 fully saturated rings. The lowest BCUT2D eigenvalue weighted by molar-refractivity contribution is -0.116. The van der Waals surface area contributed by atoms with Crippen molar-refractivity contribution in [3.8, 4) is 0 Å². The Morgan fingerprint density at radius 2 is 2.16 bits per heavy atom. The zero-order valence-electron chi connectivity index (χ0n) is 11.3. The minimum absolute atomic E-state index is 0.0261. The third kappa shape index (κ3) is 4.31. The van der Waals surface area contributed by atoms with Crippen molar-refractivity contribution in [2.24, 2.45) is 5.92 Å². The van der Waals surface area contributed by atoms with Crippen LogP contribution in [0, 0.1) is 18.7 Å². The molecule has 0 bridgehead atoms. The quantitative estimate of drug-likeness (QED) is 0.878. The van der Waals surface area contributed by atoms with E-state index in [1.807, 2.05) is 0 Å². The first-order chi connectivity index (χ1) is 9.15. The van der Waals surface area contributed by atoms with Gasteiger partial charge in [-0.25, -0.2) is 4.39 Å². The molecule has 104 valence electrons. The average molecular weight is 264 g/mol. The molecule has 0 aromatic heterocycles. The summed E-state index contributed by atoms with van der Waals surface area (Å²) in [5, 5.41) is 6.07. The SMILES string of the molecule is Cc1ccc(NC(=O)CCC2CCNCC2)cc1F. The van der Waals surface area contributed by atoms with Gasteiger partial charge in [0.1, 0.15) is 5.82 Å². The van der Waals surface area contributed by atoms with Crippen LogP contribution in [0.2, 0.25) is 0 Å². The number of halogens is 1. The molecule has 0 spiro atoms. The lowest BCUT2D eigenvalue weighted by Gasteiger charge is -2.22. The van der Waals surface area contributed by atoms with E-state index in [4.69, 9.17) is 0 Å². The fourth-order valence-corrected chi connectivity index (χ4v) is 2.40. The first-order valence-corrected chi connectivity index (χ1v) is 6.92. The van der Waals surface area contributed by atoms with E-state index < -0.39 is 0 Å². The van der Waals surface area contributed by atoms with Crippen molar-refractivity contribution < 1.29 is 9.18 Å². The van der Waals surface area contributed by atoms with Gasteiger partial charge in [0.25, 0.3) is 0 Å². The maximum absolute atomic E-state index is 13.3. The van der Waals surface area contributed by atoms with Crippen molar-refractivity contribution in [3.05, 3.63) is 29.6 Å². The maximum Gasteiger partial charge on any atom is 0.224 e. The Morgan fingerprint density at radius 1 is 1.42 bits per heavy atom. The first kappa shape index (κ1) is 14.0. The Balaban J connectivity index is 1.78. The summed E-state index contributed by atoms with van der Waals surface area (Å²) in [5.74, 6) is 0.333. The van der Waals surface area contributed by atoms with Crippen molar-refractivity contribution in [2.75, 3.05) is 18.4 Å². The van der Waals surface area contributed by atoms with Gasteiger partial charge in [-0.15, -0.1) is 0 Å². The Labute approximate surface area is 113 Å². The highest BCUT2D eigenvalue weighted by Gasteiger charge is 2.14. The second-order valence-electron chi connectivity index (χ2n) is 5.24. The average Bonchev–Trinajstić information content (AvgIpc) is 2.42. The molecule has 19 heavy (non-hydrogen) atoms. The number of carbonyl (C=O) groups excluding carboxylic acids is 1. The first-order valence-electron chi connectivity index (χ1n) is 6.92. The van der Waals surface area contributed by atoms with Crippen LogP contribution < -0.4 is 10.6 Å². The monoisotopic (exact) mass is 264 g/mol. The van der Waals surface area contributed by atoms with Crippen LogP contribution in [0.1, 0.15) is 31.2 Å². The summed E-state index contributed by atoms with van der Waals surface area (Å²) in [6, 6.07) is 4.79. The predicted octanol–water partition coefficient (Wildman–Crippen LogP) is 2.85. The second-order valence-corrected chi connectivity index (χ2v) is 5.24. The number of benzene rings is 1. The number of hydrogen-bond donors (Lipinski definition) is 2. The molecule has 4 heteroatoms. The van der Waals surface area contributed by atoms with Gasteiger partial charge in [-0.2, -0.15) is 0 Å². The summed E-state index contributed by atoms with van der Waals surface area (Å²) in [4.78, 5) is 11.8. The minimum atomic E-state index is -0.281. The molecule has 1 aromatic carbocycles. The Bertz CT molecular complexity index is 442. The van der Waals surface area contributed by atoms with Crippen LogP contribution in [0.25, 0.3) is 0 Å². The van der Waals surface area contributed by atoms with Gasteiger partial charge in [-0.05, 0) is 62.9 Å². The lowest BCUT2D eigenvalue weighted by Crippen LogP contribution is -2.28. The molecule has 0 unspecified atom stereocenters. The van der Waals surface area contributed by atoms with E-state index in [1.165, 1.54) is 6.07 Å². The molecule has 0 radical (unpaired) electrons. The molecule has 1 aliphatic rings. The van der Waals surface area contributed by atoms with E-state index in [0.717, 1.165) is 32.4 Å². The van der Waals surface area contributed by atoms with Crippen molar-refractivity contribution >= 4 is 11.6 Å². The van der Waals surface area contributed by atoms with Gasteiger partial charge < -0.3 is 10.6 Å². The zero-order valence-corrected chi connectivity index (χ0v) is 11.3. The molecule has 1 heterocycles. The number of anilines is 1. The summed E-state index contributed by atoms with van der Waals surface area (Å²) in [6.07, 6.45) is 3.72. The Hall–Kier alpha value is -1.42. The summed E-state index contributed by atoms with van der Waals surface area (Å²) in [5.41, 5.74) is 1.13. The van der Waals surface area contributed by atoms with Gasteiger partial charge in [-0.3, -0.25) is 4.79 Å². The Kier molecular flexibility index (Phi) is 4.91. The van der Waals surface area contributed by atoms with Crippen LogP contribution >= 0.6 is 0 Å². The number of amides is 1. The van der Waals surface area contributed by atoms with Crippen LogP contribution in [-0.2, 0) is 4.79 Å². The molecular weight excluding hydrogens is 243 g/mol. The van der Waals surface area contributed by atoms with Crippen molar-refractivity contribution in [3.63, 3.8) is 0 Å². The van der Waals surface area contributed by atoms with Crippen molar-refractivity contribution in [2.45, 2.75) is 32.6 Å². The van der Waals surface area contributed by atoms with E-state index in [-0.39, 0.29) is 11.7 Å². The second kappa shape index (κ2) is 6.66. The van der Waals surface area contributed by atoms with Crippen LogP contribution in [0.4, 0.5) is 10.1 Å². The molecule has 0 aliphatic carbocycles. The molecule has 1 aromatic rings. The number of nitrogens with one attached hydrogen (secondary N) is 2. The van der Waals surface area contributed by atoms with Gasteiger partial charge in [0.15, 0.2) is 0 Å². The lowest BCUT2D eigenvalue weighted by atomic mass is 9.93. The number of aryl methyl sites for hydroxylation is 1. The molecular formula is C15H21FN2O. The maximum atomic E-state index is 13.3. The molecule has 1 amide bonds. The molecule has 1 saturated heterocycles. The third-order valence-electron chi connectivity index (χ3n) is 3.69. The summed E-state index contributed by atoms with van der Waals surface area (Å²) < 4.78 is 13.3. The third-order valence-corrected chi connectivity index (χ3v) is 3.69. The fraction of sp³-hybridized carbons (Fsp3) is 0.533. The molecule has 2 rings (SSSR count). The number of rotatable bonds is 4. The predicted molar refractivity (Wildman–Crippen MR) is 74.6 cm³/mol. The summed E-state index contributed by atoms with van der Waals surface area (Å²) in [7, 11) is 0. The smallest absolute Gasteiger partial charge is 0.224 e. The van der Waals surface area contributed by atoms with Gasteiger partial charge >= 0.3 is 0 Å². The van der Waals surface area contributed by atoms with Gasteiger partial charge in [0.05, 0.1) is 0 Å². The molecule has 0 atom stereocenters. The van der Waals surface area contributed by atoms with E-state index in [1.54, 1.807) is 19.1 Å². The number of piperidine rings is 1. The molecule has 1 aliphatic heterocycles. The molecule has 0 saturated carbocycles. The largest absolute Gasteiger partial charge is 0.326 e. The Morgan fingerprint density at radius 3 is 2.84 bits per heavy atom. The highest BCUT2D eigenvalue weighted by molar-refractivity contribution is 5.90. The normalized spacial score (nSPS) is 16.3. The van der Waals surface area contributed by atoms with Crippen LogP contribution in [0.15, 0.2) is 18.2 Å². The number of hydrogen-bond acceptors (Lipinski definition) is 2. The van der Waals surface area contributed by atoms with Crippen LogP contribution in [-0.4, -0.2) is 19.0 Å². The van der Waals surface area contributed by atoms with E-state index in [0.29, 0.717) is 23.6 Å². The van der Waals surface area contributed by atoms with Gasteiger partial charge in [0, 0.05) is 12.1 Å². The van der Waals surface area contributed by atoms with Gasteiger partial charge in [0.2, 0.25) is 5.91 Å². The summed E-state index contributed by atoms with van der Waals surface area (Å²) in [6.45, 7) is 3.81. The molecule has 3 nitrogen and oxygen atoms in total. The standard InChI is InChI=1S/C15H21FN2O/c1-11-2-4-13(10-14(11)16)18-15(19)5-3-12-6-8-17-9-7-12/h2,4,10,12,17H,3,5-9H2,1H3,(H,18,19). The van der Waals surface area contributed by atoms with Crippen molar-refractivity contribution in [1.29, 1.82) is 0 Å². The summed E-state index contributed by atoms with van der Waals surface area (Å²) >= 11 is 0. The van der Waals surface area contributed by atoms with Gasteiger partial charge in [-0.1, -0.05) is 6.07 Å². The topological polar surface area (TPSA) is 41.1 Å². The molecule has 2 N–H and O–H groups in total. The minimum Gasteiger partial charge on any atom is -0.326 e. The van der Waals surface area contributed by atoms with Crippen LogP contribution in [0.3, 0.4) is 0 Å². The van der Waals surface area contributed by atoms with E-state index in [2.05, 4.69) is 10.6 Å². The highest BCUT2D eigenvalue weighted by atomic mass is 19.1.